The molecule has 3 rings (SSSR count). The summed E-state index contributed by atoms with van der Waals surface area (Å²) in [5.41, 5.74) is 1.34. The molecule has 0 atom stereocenters. The number of hydrogen-bond donors (Lipinski definition) is 0. The third kappa shape index (κ3) is 2.50. The SMILES string of the molecule is c1ccc(-c2csc(=[N+]3CCCCC3)s2)cc1. The van der Waals surface area contributed by atoms with Crippen LogP contribution in [0.15, 0.2) is 35.7 Å². The first-order valence-electron chi connectivity index (χ1n) is 6.15. The van der Waals surface area contributed by atoms with Crippen molar-refractivity contribution in [2.75, 3.05) is 13.1 Å². The van der Waals surface area contributed by atoms with Crippen LogP contribution >= 0.6 is 22.7 Å². The van der Waals surface area contributed by atoms with Gasteiger partial charge in [-0.3, -0.25) is 0 Å². The van der Waals surface area contributed by atoms with Crippen molar-refractivity contribution in [3.8, 4) is 10.4 Å². The van der Waals surface area contributed by atoms with Gasteiger partial charge in [0, 0.05) is 18.2 Å². The average Bonchev–Trinajstić information content (AvgIpc) is 2.90. The molecular formula is C14H16NS2+. The number of nitrogens with zero attached hydrogens (tertiary/aromatic N) is 1. The van der Waals surface area contributed by atoms with Crippen LogP contribution in [0.4, 0.5) is 0 Å². The molecule has 1 saturated heterocycles. The van der Waals surface area contributed by atoms with Crippen LogP contribution in [-0.2, 0) is 0 Å². The van der Waals surface area contributed by atoms with E-state index in [0.29, 0.717) is 0 Å². The molecule has 0 radical (unpaired) electrons. The third-order valence-electron chi connectivity index (χ3n) is 3.14. The Labute approximate surface area is 110 Å². The summed E-state index contributed by atoms with van der Waals surface area (Å²) in [6.07, 6.45) is 4.11. The Hall–Kier alpha value is -0.930. The van der Waals surface area contributed by atoms with Crippen molar-refractivity contribution in [2.45, 2.75) is 19.3 Å². The standard InChI is InChI=1S/C14H16NS2/c1-3-7-12(8-4-1)13-11-16-14(17-13)15-9-5-2-6-10-15/h1,3-4,7-8,11H,2,5-6,9-10H2/q+1. The second-order valence-electron chi connectivity index (χ2n) is 4.38. The second kappa shape index (κ2) is 5.15. The van der Waals surface area contributed by atoms with Gasteiger partial charge in [-0.05, 0) is 12.0 Å². The van der Waals surface area contributed by atoms with Gasteiger partial charge in [0.15, 0.2) is 0 Å². The van der Waals surface area contributed by atoms with E-state index in [2.05, 4.69) is 40.3 Å². The average molecular weight is 262 g/mol. The van der Waals surface area contributed by atoms with Gasteiger partial charge in [-0.15, -0.1) is 0 Å². The molecule has 1 nitrogen and oxygen atoms in total. The highest BCUT2D eigenvalue weighted by Crippen LogP contribution is 2.23. The molecule has 1 aliphatic rings. The van der Waals surface area contributed by atoms with Crippen molar-refractivity contribution < 1.29 is 0 Å². The third-order valence-corrected chi connectivity index (χ3v) is 5.64. The minimum absolute atomic E-state index is 1.24. The summed E-state index contributed by atoms with van der Waals surface area (Å²) >= 11 is 3.83. The molecule has 17 heavy (non-hydrogen) atoms. The summed E-state index contributed by atoms with van der Waals surface area (Å²) < 4.78 is 4.02. The summed E-state index contributed by atoms with van der Waals surface area (Å²) in [5.74, 6) is 0. The first-order chi connectivity index (χ1) is 8.43. The molecule has 0 aliphatic carbocycles. The minimum atomic E-state index is 1.24. The maximum Gasteiger partial charge on any atom is 0.314 e. The first-order valence-corrected chi connectivity index (χ1v) is 7.85. The lowest BCUT2D eigenvalue weighted by Crippen LogP contribution is -2.31. The van der Waals surface area contributed by atoms with E-state index in [1.165, 1.54) is 46.8 Å². The molecule has 0 bridgehead atoms. The topological polar surface area (TPSA) is 3.01 Å². The fourth-order valence-electron chi connectivity index (χ4n) is 2.19. The predicted octanol–water partition coefficient (Wildman–Crippen LogP) is 3.43. The van der Waals surface area contributed by atoms with E-state index in [0.717, 1.165) is 0 Å². The summed E-state index contributed by atoms with van der Waals surface area (Å²) in [6, 6.07) is 10.7. The zero-order valence-electron chi connectivity index (χ0n) is 9.76. The van der Waals surface area contributed by atoms with E-state index in [1.807, 2.05) is 22.7 Å². The zero-order chi connectivity index (χ0) is 11.5. The number of piperidine rings is 1. The summed E-state index contributed by atoms with van der Waals surface area (Å²) in [5, 5.41) is 2.30. The van der Waals surface area contributed by atoms with E-state index in [4.69, 9.17) is 0 Å². The highest BCUT2D eigenvalue weighted by atomic mass is 32.2. The Morgan fingerprint density at radius 3 is 2.47 bits per heavy atom. The Balaban J connectivity index is 1.98. The first kappa shape index (κ1) is 11.2. The highest BCUT2D eigenvalue weighted by Gasteiger charge is 2.13. The molecule has 1 aromatic carbocycles. The Morgan fingerprint density at radius 1 is 0.941 bits per heavy atom. The monoisotopic (exact) mass is 262 g/mol. The number of benzene rings is 1. The molecule has 0 saturated carbocycles. The van der Waals surface area contributed by atoms with E-state index in [1.54, 1.807) is 0 Å². The van der Waals surface area contributed by atoms with Crippen molar-refractivity contribution >= 4 is 22.7 Å². The van der Waals surface area contributed by atoms with E-state index in [-0.39, 0.29) is 0 Å². The van der Waals surface area contributed by atoms with Crippen LogP contribution in [0.3, 0.4) is 0 Å². The van der Waals surface area contributed by atoms with Gasteiger partial charge in [-0.25, -0.2) is 4.58 Å². The fraction of sp³-hybridized carbons (Fsp3) is 0.357. The van der Waals surface area contributed by atoms with Gasteiger partial charge >= 0.3 is 3.98 Å². The largest absolute Gasteiger partial charge is 0.314 e. The van der Waals surface area contributed by atoms with Crippen molar-refractivity contribution in [3.63, 3.8) is 0 Å². The lowest BCUT2D eigenvalue weighted by Gasteiger charge is -2.07. The van der Waals surface area contributed by atoms with Crippen LogP contribution in [0.1, 0.15) is 19.3 Å². The second-order valence-corrected chi connectivity index (χ2v) is 6.53. The van der Waals surface area contributed by atoms with Gasteiger partial charge in [-0.2, -0.15) is 0 Å². The van der Waals surface area contributed by atoms with Crippen LogP contribution in [0, 0.1) is 0 Å². The summed E-state index contributed by atoms with van der Waals surface area (Å²) in [4.78, 5) is 1.40. The summed E-state index contributed by atoms with van der Waals surface area (Å²) in [7, 11) is 0. The Bertz CT molecular complexity index is 543. The zero-order valence-corrected chi connectivity index (χ0v) is 11.4. The number of rotatable bonds is 1. The molecule has 2 aromatic rings. The lowest BCUT2D eigenvalue weighted by atomic mass is 10.2. The maximum atomic E-state index is 2.55. The molecule has 0 unspecified atom stereocenters. The van der Waals surface area contributed by atoms with Crippen LogP contribution in [0.25, 0.3) is 10.4 Å². The van der Waals surface area contributed by atoms with Crippen molar-refractivity contribution in [1.82, 2.24) is 4.58 Å². The van der Waals surface area contributed by atoms with Crippen LogP contribution in [-0.4, -0.2) is 13.1 Å². The fourth-order valence-corrected chi connectivity index (χ4v) is 4.56. The molecular weight excluding hydrogens is 246 g/mol. The molecule has 1 aromatic heterocycles. The molecule has 0 spiro atoms. The van der Waals surface area contributed by atoms with Gasteiger partial charge in [0.25, 0.3) is 0 Å². The van der Waals surface area contributed by atoms with Crippen LogP contribution < -0.4 is 8.56 Å². The normalized spacial score (nSPS) is 16.1. The van der Waals surface area contributed by atoms with Crippen LogP contribution in [0.2, 0.25) is 0 Å². The van der Waals surface area contributed by atoms with Gasteiger partial charge in [0.1, 0.15) is 13.1 Å². The highest BCUT2D eigenvalue weighted by molar-refractivity contribution is 7.28. The Morgan fingerprint density at radius 2 is 1.71 bits per heavy atom. The Kier molecular flexibility index (Phi) is 3.39. The van der Waals surface area contributed by atoms with Gasteiger partial charge < -0.3 is 0 Å². The van der Waals surface area contributed by atoms with E-state index in [9.17, 15) is 0 Å². The van der Waals surface area contributed by atoms with E-state index < -0.39 is 0 Å². The molecule has 1 fully saturated rings. The molecule has 1 aliphatic heterocycles. The smallest absolute Gasteiger partial charge is 0.212 e. The molecule has 3 heteroatoms. The van der Waals surface area contributed by atoms with Crippen LogP contribution in [0.5, 0.6) is 0 Å². The molecule has 2 heterocycles. The van der Waals surface area contributed by atoms with Gasteiger partial charge in [0.05, 0.1) is 4.88 Å². The summed E-state index contributed by atoms with van der Waals surface area (Å²) in [6.45, 7) is 2.48. The maximum absolute atomic E-state index is 2.55. The predicted molar refractivity (Wildman–Crippen MR) is 76.5 cm³/mol. The minimum Gasteiger partial charge on any atom is -0.212 e. The van der Waals surface area contributed by atoms with Gasteiger partial charge in [0.2, 0.25) is 0 Å². The lowest BCUT2D eigenvalue weighted by molar-refractivity contribution is 0.459. The molecule has 0 N–H and O–H groups in total. The van der Waals surface area contributed by atoms with E-state index >= 15 is 0 Å². The van der Waals surface area contributed by atoms with Crippen molar-refractivity contribution in [1.29, 1.82) is 0 Å². The quantitative estimate of drug-likeness (QED) is 0.693. The van der Waals surface area contributed by atoms with Crippen molar-refractivity contribution in [3.05, 3.63) is 39.7 Å². The van der Waals surface area contributed by atoms with Gasteiger partial charge in [-0.1, -0.05) is 53.0 Å². The molecule has 88 valence electrons. The van der Waals surface area contributed by atoms with Crippen molar-refractivity contribution in [2.24, 2.45) is 0 Å². The molecule has 0 amide bonds. The number of hydrogen-bond acceptors (Lipinski definition) is 2.